The van der Waals surface area contributed by atoms with Crippen LogP contribution >= 0.6 is 0 Å². The summed E-state index contributed by atoms with van der Waals surface area (Å²) in [6, 6.07) is 7.59. The second kappa shape index (κ2) is 5.75. The van der Waals surface area contributed by atoms with E-state index in [4.69, 9.17) is 4.74 Å². The summed E-state index contributed by atoms with van der Waals surface area (Å²) in [7, 11) is 1.74. The van der Waals surface area contributed by atoms with Crippen molar-refractivity contribution in [3.63, 3.8) is 0 Å². The molecule has 0 spiro atoms. The Morgan fingerprint density at radius 3 is 2.67 bits per heavy atom. The van der Waals surface area contributed by atoms with Crippen molar-refractivity contribution < 1.29 is 4.74 Å². The lowest BCUT2D eigenvalue weighted by molar-refractivity contribution is 0.295. The molecule has 0 bridgehead atoms. The molecule has 1 aromatic carbocycles. The molecule has 2 nitrogen and oxygen atoms in total. The van der Waals surface area contributed by atoms with Gasteiger partial charge in [-0.1, -0.05) is 32.8 Å². The zero-order chi connectivity index (χ0) is 13.1. The number of rotatable bonds is 4. The summed E-state index contributed by atoms with van der Waals surface area (Å²) >= 11 is 0. The number of hydrogen-bond donors (Lipinski definition) is 1. The molecule has 100 valence electrons. The first-order valence-electron chi connectivity index (χ1n) is 7.12. The number of hydrogen-bond acceptors (Lipinski definition) is 2. The first-order valence-corrected chi connectivity index (χ1v) is 7.12. The molecule has 2 heteroatoms. The van der Waals surface area contributed by atoms with Crippen LogP contribution in [-0.4, -0.2) is 13.2 Å². The second-order valence-electron chi connectivity index (χ2n) is 5.39. The van der Waals surface area contributed by atoms with Crippen LogP contribution in [0.5, 0.6) is 5.75 Å². The molecule has 0 aliphatic carbocycles. The Labute approximate surface area is 111 Å². The molecule has 0 saturated heterocycles. The van der Waals surface area contributed by atoms with Crippen molar-refractivity contribution in [2.45, 2.75) is 52.1 Å². The fourth-order valence-corrected chi connectivity index (χ4v) is 3.11. The van der Waals surface area contributed by atoms with Gasteiger partial charge in [-0.2, -0.15) is 0 Å². The highest BCUT2D eigenvalue weighted by Gasteiger charge is 2.28. The van der Waals surface area contributed by atoms with Gasteiger partial charge >= 0.3 is 0 Å². The van der Waals surface area contributed by atoms with Gasteiger partial charge in [0.1, 0.15) is 5.75 Å². The van der Waals surface area contributed by atoms with Crippen molar-refractivity contribution in [3.05, 3.63) is 29.3 Å². The van der Waals surface area contributed by atoms with E-state index in [2.05, 4.69) is 44.3 Å². The molecule has 0 radical (unpaired) electrons. The molecule has 2 unspecified atom stereocenters. The Bertz CT molecular complexity index is 398. The summed E-state index contributed by atoms with van der Waals surface area (Å²) in [4.78, 5) is 0. The monoisotopic (exact) mass is 247 g/mol. The van der Waals surface area contributed by atoms with Crippen molar-refractivity contribution in [1.29, 1.82) is 0 Å². The van der Waals surface area contributed by atoms with Gasteiger partial charge in [-0.3, -0.25) is 0 Å². The first-order chi connectivity index (χ1) is 8.69. The van der Waals surface area contributed by atoms with Crippen molar-refractivity contribution in [1.82, 2.24) is 5.32 Å². The van der Waals surface area contributed by atoms with E-state index < -0.39 is 0 Å². The topological polar surface area (TPSA) is 21.3 Å². The Hall–Kier alpha value is -1.02. The van der Waals surface area contributed by atoms with Gasteiger partial charge in [0.15, 0.2) is 0 Å². The van der Waals surface area contributed by atoms with Crippen LogP contribution in [-0.2, 0) is 6.42 Å². The van der Waals surface area contributed by atoms with E-state index in [-0.39, 0.29) is 0 Å². The van der Waals surface area contributed by atoms with Gasteiger partial charge in [-0.15, -0.1) is 0 Å². The van der Waals surface area contributed by atoms with Crippen LogP contribution in [0.2, 0.25) is 0 Å². The highest BCUT2D eigenvalue weighted by atomic mass is 16.5. The third-order valence-corrected chi connectivity index (χ3v) is 4.20. The average Bonchev–Trinajstić information content (AvgIpc) is 2.39. The van der Waals surface area contributed by atoms with Gasteiger partial charge in [0.25, 0.3) is 0 Å². The van der Waals surface area contributed by atoms with E-state index in [1.165, 1.54) is 24.0 Å². The van der Waals surface area contributed by atoms with Crippen molar-refractivity contribution in [3.8, 4) is 5.75 Å². The first kappa shape index (κ1) is 13.4. The zero-order valence-corrected chi connectivity index (χ0v) is 12.0. The van der Waals surface area contributed by atoms with E-state index >= 15 is 0 Å². The molecule has 0 saturated carbocycles. The summed E-state index contributed by atoms with van der Waals surface area (Å²) in [5, 5.41) is 3.77. The quantitative estimate of drug-likeness (QED) is 0.876. The van der Waals surface area contributed by atoms with Crippen molar-refractivity contribution in [2.24, 2.45) is 5.92 Å². The van der Waals surface area contributed by atoms with Gasteiger partial charge in [0.2, 0.25) is 0 Å². The molecule has 2 atom stereocenters. The van der Waals surface area contributed by atoms with Crippen LogP contribution in [0, 0.1) is 5.92 Å². The summed E-state index contributed by atoms with van der Waals surface area (Å²) < 4.78 is 5.37. The minimum absolute atomic E-state index is 0.480. The number of fused-ring (bicyclic) bond motifs is 1. The van der Waals surface area contributed by atoms with Crippen LogP contribution in [0.15, 0.2) is 18.2 Å². The Balaban J connectivity index is 2.38. The smallest absolute Gasteiger partial charge is 0.119 e. The normalized spacial score (nSPS) is 22.9. The molecule has 18 heavy (non-hydrogen) atoms. The Kier molecular flexibility index (Phi) is 4.28. The number of methoxy groups -OCH3 is 1. The second-order valence-corrected chi connectivity index (χ2v) is 5.39. The van der Waals surface area contributed by atoms with E-state index in [0.29, 0.717) is 18.0 Å². The predicted molar refractivity (Wildman–Crippen MR) is 76.1 cm³/mol. The third-order valence-electron chi connectivity index (χ3n) is 4.20. The highest BCUT2D eigenvalue weighted by molar-refractivity contribution is 5.40. The lowest BCUT2D eigenvalue weighted by atomic mass is 9.81. The summed E-state index contributed by atoms with van der Waals surface area (Å²) in [6.45, 7) is 6.85. The van der Waals surface area contributed by atoms with Gasteiger partial charge in [0.05, 0.1) is 7.11 Å². The van der Waals surface area contributed by atoms with Gasteiger partial charge in [-0.25, -0.2) is 0 Å². The fraction of sp³-hybridized carbons (Fsp3) is 0.625. The number of ether oxygens (including phenoxy) is 1. The lowest BCUT2D eigenvalue weighted by Gasteiger charge is -2.36. The van der Waals surface area contributed by atoms with Crippen molar-refractivity contribution >= 4 is 0 Å². The molecular formula is C16H25NO. The van der Waals surface area contributed by atoms with E-state index in [1.807, 2.05) is 0 Å². The summed E-state index contributed by atoms with van der Waals surface area (Å²) in [5.74, 6) is 1.68. The van der Waals surface area contributed by atoms with Crippen LogP contribution in [0.1, 0.15) is 50.8 Å². The molecule has 2 rings (SSSR count). The molecule has 1 aliphatic rings. The van der Waals surface area contributed by atoms with Crippen molar-refractivity contribution in [2.75, 3.05) is 7.11 Å². The van der Waals surface area contributed by atoms with Gasteiger partial charge in [-0.05, 0) is 42.5 Å². The highest BCUT2D eigenvalue weighted by Crippen LogP contribution is 2.35. The van der Waals surface area contributed by atoms with E-state index in [1.54, 1.807) is 7.11 Å². The molecule has 1 heterocycles. The fourth-order valence-electron chi connectivity index (χ4n) is 3.11. The molecule has 1 aliphatic heterocycles. The molecule has 1 N–H and O–H groups in total. The van der Waals surface area contributed by atoms with Crippen LogP contribution < -0.4 is 10.1 Å². The lowest BCUT2D eigenvalue weighted by Crippen LogP contribution is -2.40. The van der Waals surface area contributed by atoms with E-state index in [9.17, 15) is 0 Å². The number of nitrogens with one attached hydrogen (secondary N) is 1. The minimum atomic E-state index is 0.480. The maximum absolute atomic E-state index is 5.37. The Morgan fingerprint density at radius 1 is 1.33 bits per heavy atom. The largest absolute Gasteiger partial charge is 0.497 e. The molecule has 0 amide bonds. The van der Waals surface area contributed by atoms with Crippen LogP contribution in [0.3, 0.4) is 0 Å². The molecule has 0 aromatic heterocycles. The summed E-state index contributed by atoms with van der Waals surface area (Å²) in [5.41, 5.74) is 2.93. The molecule has 1 aromatic rings. The van der Waals surface area contributed by atoms with Gasteiger partial charge < -0.3 is 10.1 Å². The van der Waals surface area contributed by atoms with Gasteiger partial charge in [0, 0.05) is 12.1 Å². The Morgan fingerprint density at radius 2 is 2.06 bits per heavy atom. The van der Waals surface area contributed by atoms with E-state index in [0.717, 1.165) is 12.2 Å². The SMILES string of the molecule is CCC(CC)C1NC(C)Cc2ccc(OC)cc21. The predicted octanol–water partition coefficient (Wildman–Crippen LogP) is 3.71. The average molecular weight is 247 g/mol. The standard InChI is InChI=1S/C16H25NO/c1-5-12(6-2)16-15-10-14(18-4)8-7-13(15)9-11(3)17-16/h7-8,10-12,16-17H,5-6,9H2,1-4H3. The number of benzene rings is 1. The zero-order valence-electron chi connectivity index (χ0n) is 12.0. The maximum atomic E-state index is 5.37. The molecule has 0 fully saturated rings. The maximum Gasteiger partial charge on any atom is 0.119 e. The summed E-state index contributed by atoms with van der Waals surface area (Å²) in [6.07, 6.45) is 3.56. The van der Waals surface area contributed by atoms with Crippen LogP contribution in [0.25, 0.3) is 0 Å². The molecular weight excluding hydrogens is 222 g/mol. The third kappa shape index (κ3) is 2.54. The minimum Gasteiger partial charge on any atom is -0.497 e. The van der Waals surface area contributed by atoms with Crippen LogP contribution in [0.4, 0.5) is 0 Å².